The maximum absolute atomic E-state index is 13.0. The fourth-order valence-corrected chi connectivity index (χ4v) is 3.65. The smallest absolute Gasteiger partial charge is 0.253 e. The van der Waals surface area contributed by atoms with Gasteiger partial charge in [-0.15, -0.1) is 0 Å². The fraction of sp³-hybridized carbons (Fsp3) is 0.579. The number of rotatable bonds is 4. The number of carbonyl (C=O) groups excluding carboxylic acids is 2. The third-order valence-corrected chi connectivity index (χ3v) is 5.28. The Morgan fingerprint density at radius 2 is 1.84 bits per heavy atom. The van der Waals surface area contributed by atoms with E-state index in [4.69, 9.17) is 4.74 Å². The molecule has 2 atom stereocenters. The van der Waals surface area contributed by atoms with Crippen LogP contribution in [0.1, 0.15) is 24.2 Å². The van der Waals surface area contributed by atoms with Crippen molar-refractivity contribution in [3.05, 3.63) is 29.8 Å². The van der Waals surface area contributed by atoms with Crippen LogP contribution in [0, 0.1) is 5.92 Å². The molecule has 0 N–H and O–H groups in total. The van der Waals surface area contributed by atoms with Gasteiger partial charge in [0.1, 0.15) is 0 Å². The number of nitrogens with zero attached hydrogens (tertiary/aromatic N) is 3. The van der Waals surface area contributed by atoms with Gasteiger partial charge in [-0.3, -0.25) is 9.59 Å². The van der Waals surface area contributed by atoms with E-state index in [0.717, 1.165) is 18.8 Å². The summed E-state index contributed by atoms with van der Waals surface area (Å²) < 4.78 is 5.60. The SMILES string of the molecule is CCN(CC)c1ccc(C(=O)N2C[C@@H]3COC[C@H](C2)N(C)C3=O)cc1. The Labute approximate surface area is 149 Å². The number of amides is 2. The van der Waals surface area contributed by atoms with Crippen molar-refractivity contribution >= 4 is 17.5 Å². The fourth-order valence-electron chi connectivity index (χ4n) is 3.65. The monoisotopic (exact) mass is 345 g/mol. The van der Waals surface area contributed by atoms with E-state index in [1.54, 1.807) is 4.90 Å². The molecule has 2 heterocycles. The molecule has 2 bridgehead atoms. The minimum Gasteiger partial charge on any atom is -0.378 e. The van der Waals surface area contributed by atoms with Gasteiger partial charge in [-0.05, 0) is 38.1 Å². The number of likely N-dealkylation sites (N-methyl/N-ethyl adjacent to an activating group) is 1. The third kappa shape index (κ3) is 3.49. The molecule has 0 unspecified atom stereocenters. The van der Waals surface area contributed by atoms with Gasteiger partial charge in [0.25, 0.3) is 5.91 Å². The van der Waals surface area contributed by atoms with Crippen molar-refractivity contribution in [1.82, 2.24) is 9.80 Å². The first-order valence-corrected chi connectivity index (χ1v) is 9.03. The summed E-state index contributed by atoms with van der Waals surface area (Å²) in [7, 11) is 1.81. The highest BCUT2D eigenvalue weighted by molar-refractivity contribution is 5.95. The number of fused-ring (bicyclic) bond motifs is 3. The van der Waals surface area contributed by atoms with Crippen LogP contribution in [0.25, 0.3) is 0 Å². The topological polar surface area (TPSA) is 53.1 Å². The van der Waals surface area contributed by atoms with Crippen molar-refractivity contribution < 1.29 is 14.3 Å². The van der Waals surface area contributed by atoms with Crippen LogP contribution < -0.4 is 4.90 Å². The van der Waals surface area contributed by atoms with Crippen LogP contribution >= 0.6 is 0 Å². The normalized spacial score (nSPS) is 23.4. The molecule has 2 aliphatic rings. The quantitative estimate of drug-likeness (QED) is 0.829. The van der Waals surface area contributed by atoms with Gasteiger partial charge in [-0.2, -0.15) is 0 Å². The lowest BCUT2D eigenvalue weighted by molar-refractivity contribution is -0.133. The van der Waals surface area contributed by atoms with E-state index in [0.29, 0.717) is 31.9 Å². The lowest BCUT2D eigenvalue weighted by Gasteiger charge is -2.29. The standard InChI is InChI=1S/C19H27N3O3/c1-4-21(5-2)16-8-6-14(7-9-16)19(24)22-10-15-12-25-13-17(11-22)20(3)18(15)23/h6-9,15,17H,4-5,10-13H2,1-3H3/t15-,17+/m1/s1. The molecule has 0 spiro atoms. The van der Waals surface area contributed by atoms with Crippen molar-refractivity contribution in [2.24, 2.45) is 5.92 Å². The average Bonchev–Trinajstić information content (AvgIpc) is 2.81. The Balaban J connectivity index is 1.78. The Bertz CT molecular complexity index is 627. The van der Waals surface area contributed by atoms with E-state index in [-0.39, 0.29) is 23.8 Å². The maximum Gasteiger partial charge on any atom is 0.253 e. The summed E-state index contributed by atoms with van der Waals surface area (Å²) in [6, 6.07) is 7.70. The van der Waals surface area contributed by atoms with Crippen LogP contribution in [-0.2, 0) is 9.53 Å². The minimum absolute atomic E-state index is 0.00824. The number of carbonyl (C=O) groups is 2. The minimum atomic E-state index is -0.267. The van der Waals surface area contributed by atoms with Crippen LogP contribution in [0.15, 0.2) is 24.3 Å². The molecule has 6 nitrogen and oxygen atoms in total. The molecule has 6 heteroatoms. The van der Waals surface area contributed by atoms with Crippen molar-refractivity contribution in [3.8, 4) is 0 Å². The number of ether oxygens (including phenoxy) is 1. The number of hydrogen-bond acceptors (Lipinski definition) is 4. The molecule has 2 saturated heterocycles. The molecule has 136 valence electrons. The number of benzene rings is 1. The molecule has 25 heavy (non-hydrogen) atoms. The highest BCUT2D eigenvalue weighted by atomic mass is 16.5. The third-order valence-electron chi connectivity index (χ3n) is 5.28. The van der Waals surface area contributed by atoms with Gasteiger partial charge in [0, 0.05) is 44.5 Å². The molecule has 0 aliphatic carbocycles. The molecule has 2 aliphatic heterocycles. The summed E-state index contributed by atoms with van der Waals surface area (Å²) in [4.78, 5) is 31.2. The van der Waals surface area contributed by atoms with Crippen molar-refractivity contribution in [2.45, 2.75) is 19.9 Å². The Kier molecular flexibility index (Phi) is 5.27. The largest absolute Gasteiger partial charge is 0.378 e. The molecule has 1 aromatic carbocycles. The van der Waals surface area contributed by atoms with E-state index >= 15 is 0 Å². The zero-order chi connectivity index (χ0) is 18.0. The first-order chi connectivity index (χ1) is 12.0. The Morgan fingerprint density at radius 1 is 1.16 bits per heavy atom. The van der Waals surface area contributed by atoms with Crippen LogP contribution in [0.5, 0.6) is 0 Å². The molecule has 0 aromatic heterocycles. The van der Waals surface area contributed by atoms with Gasteiger partial charge in [0.15, 0.2) is 0 Å². The number of anilines is 1. The summed E-state index contributed by atoms with van der Waals surface area (Å²) in [5.74, 6) is -0.197. The van der Waals surface area contributed by atoms with Gasteiger partial charge in [0.2, 0.25) is 5.91 Å². The van der Waals surface area contributed by atoms with E-state index < -0.39 is 0 Å². The molecule has 2 amide bonds. The Morgan fingerprint density at radius 3 is 2.48 bits per heavy atom. The number of hydrogen-bond donors (Lipinski definition) is 0. The van der Waals surface area contributed by atoms with E-state index in [1.165, 1.54) is 0 Å². The predicted molar refractivity (Wildman–Crippen MR) is 96.8 cm³/mol. The van der Waals surface area contributed by atoms with Crippen molar-refractivity contribution in [2.75, 3.05) is 51.3 Å². The molecule has 3 rings (SSSR count). The summed E-state index contributed by atoms with van der Waals surface area (Å²) in [6.45, 7) is 7.95. The first-order valence-electron chi connectivity index (χ1n) is 9.03. The molecule has 0 saturated carbocycles. The second-order valence-electron chi connectivity index (χ2n) is 6.77. The molecule has 1 aromatic rings. The zero-order valence-corrected chi connectivity index (χ0v) is 15.3. The summed E-state index contributed by atoms with van der Waals surface area (Å²) in [6.07, 6.45) is 0. The van der Waals surface area contributed by atoms with Crippen LogP contribution in [0.2, 0.25) is 0 Å². The van der Waals surface area contributed by atoms with Gasteiger partial charge in [0.05, 0.1) is 25.2 Å². The van der Waals surface area contributed by atoms with E-state index in [2.05, 4.69) is 18.7 Å². The van der Waals surface area contributed by atoms with Crippen molar-refractivity contribution in [1.29, 1.82) is 0 Å². The Hall–Kier alpha value is -2.08. The lowest BCUT2D eigenvalue weighted by atomic mass is 10.1. The average molecular weight is 345 g/mol. The van der Waals surface area contributed by atoms with E-state index in [1.807, 2.05) is 36.2 Å². The second kappa shape index (κ2) is 7.44. The summed E-state index contributed by atoms with van der Waals surface area (Å²) in [5.41, 5.74) is 1.80. The van der Waals surface area contributed by atoms with E-state index in [9.17, 15) is 9.59 Å². The van der Waals surface area contributed by atoms with Crippen LogP contribution in [0.3, 0.4) is 0 Å². The van der Waals surface area contributed by atoms with Gasteiger partial charge in [-0.25, -0.2) is 0 Å². The summed E-state index contributed by atoms with van der Waals surface area (Å²) >= 11 is 0. The zero-order valence-electron chi connectivity index (χ0n) is 15.3. The lowest BCUT2D eigenvalue weighted by Crippen LogP contribution is -2.45. The molecular weight excluding hydrogens is 318 g/mol. The van der Waals surface area contributed by atoms with Crippen LogP contribution in [-0.4, -0.2) is 74.1 Å². The highest BCUT2D eigenvalue weighted by Crippen LogP contribution is 2.22. The van der Waals surface area contributed by atoms with Crippen LogP contribution in [0.4, 0.5) is 5.69 Å². The summed E-state index contributed by atoms with van der Waals surface area (Å²) in [5, 5.41) is 0. The maximum atomic E-state index is 13.0. The molecule has 0 radical (unpaired) electrons. The molecular formula is C19H27N3O3. The predicted octanol–water partition coefficient (Wildman–Crippen LogP) is 1.46. The van der Waals surface area contributed by atoms with Gasteiger partial charge < -0.3 is 19.4 Å². The van der Waals surface area contributed by atoms with Gasteiger partial charge >= 0.3 is 0 Å². The first kappa shape index (κ1) is 17.7. The highest BCUT2D eigenvalue weighted by Gasteiger charge is 2.38. The van der Waals surface area contributed by atoms with Gasteiger partial charge in [-0.1, -0.05) is 0 Å². The molecule has 2 fully saturated rings. The van der Waals surface area contributed by atoms with Crippen molar-refractivity contribution in [3.63, 3.8) is 0 Å². The second-order valence-corrected chi connectivity index (χ2v) is 6.77.